The normalized spacial score (nSPS) is 12.4. The molecule has 20 heavy (non-hydrogen) atoms. The van der Waals surface area contributed by atoms with E-state index in [0.717, 1.165) is 11.6 Å². The van der Waals surface area contributed by atoms with Crippen molar-refractivity contribution >= 4 is 11.6 Å². The summed E-state index contributed by atoms with van der Waals surface area (Å²) in [6, 6.07) is 11.3. The maximum absolute atomic E-state index is 13.6. The highest BCUT2D eigenvalue weighted by Crippen LogP contribution is 2.19. The lowest BCUT2D eigenvalue weighted by molar-refractivity contribution is 0.474. The van der Waals surface area contributed by atoms with E-state index in [4.69, 9.17) is 17.4 Å². The van der Waals surface area contributed by atoms with Gasteiger partial charge in [-0.25, -0.2) is 8.78 Å². The highest BCUT2D eigenvalue weighted by molar-refractivity contribution is 6.31. The molecular formula is C15H15ClF2N2. The van der Waals surface area contributed by atoms with E-state index in [1.54, 1.807) is 12.1 Å². The van der Waals surface area contributed by atoms with Crippen molar-refractivity contribution in [2.45, 2.75) is 18.9 Å². The van der Waals surface area contributed by atoms with E-state index in [9.17, 15) is 8.78 Å². The molecule has 2 aromatic rings. The molecule has 2 rings (SSSR count). The van der Waals surface area contributed by atoms with Crippen molar-refractivity contribution in [1.29, 1.82) is 0 Å². The molecule has 1 atom stereocenters. The molecule has 0 spiro atoms. The van der Waals surface area contributed by atoms with Gasteiger partial charge in [-0.15, -0.1) is 0 Å². The third kappa shape index (κ3) is 3.54. The van der Waals surface area contributed by atoms with Gasteiger partial charge >= 0.3 is 0 Å². The van der Waals surface area contributed by atoms with Crippen LogP contribution in [0.4, 0.5) is 8.78 Å². The van der Waals surface area contributed by atoms with Crippen LogP contribution < -0.4 is 11.3 Å². The zero-order chi connectivity index (χ0) is 14.5. The van der Waals surface area contributed by atoms with Crippen LogP contribution in [0.15, 0.2) is 42.5 Å². The first-order valence-corrected chi connectivity index (χ1v) is 6.62. The zero-order valence-electron chi connectivity index (χ0n) is 10.7. The Morgan fingerprint density at radius 2 is 1.65 bits per heavy atom. The number of hydrogen-bond acceptors (Lipinski definition) is 2. The summed E-state index contributed by atoms with van der Waals surface area (Å²) in [5.41, 5.74) is 3.83. The second-order valence-corrected chi connectivity index (χ2v) is 4.98. The van der Waals surface area contributed by atoms with Crippen LogP contribution >= 0.6 is 11.6 Å². The van der Waals surface area contributed by atoms with Gasteiger partial charge in [0.1, 0.15) is 0 Å². The maximum Gasteiger partial charge on any atom is 0.162 e. The lowest BCUT2D eigenvalue weighted by atomic mass is 9.99. The van der Waals surface area contributed by atoms with Gasteiger partial charge in [-0.3, -0.25) is 11.3 Å². The van der Waals surface area contributed by atoms with Crippen molar-refractivity contribution in [2.24, 2.45) is 5.84 Å². The SMILES string of the molecule is NNC(Cc1ccccc1Cl)Cc1cccc(F)c1F. The molecule has 0 aliphatic carbocycles. The molecule has 0 aliphatic rings. The molecule has 2 nitrogen and oxygen atoms in total. The summed E-state index contributed by atoms with van der Waals surface area (Å²) >= 11 is 6.08. The van der Waals surface area contributed by atoms with Crippen LogP contribution in [-0.4, -0.2) is 6.04 Å². The molecule has 5 heteroatoms. The summed E-state index contributed by atoms with van der Waals surface area (Å²) in [4.78, 5) is 0. The fraction of sp³-hybridized carbons (Fsp3) is 0.200. The first kappa shape index (κ1) is 14.9. The second kappa shape index (κ2) is 6.79. The molecule has 0 heterocycles. The van der Waals surface area contributed by atoms with E-state index in [0.29, 0.717) is 17.0 Å². The quantitative estimate of drug-likeness (QED) is 0.657. The lowest BCUT2D eigenvalue weighted by Crippen LogP contribution is -2.38. The average molecular weight is 297 g/mol. The Morgan fingerprint density at radius 1 is 1.00 bits per heavy atom. The predicted molar refractivity (Wildman–Crippen MR) is 76.3 cm³/mol. The van der Waals surface area contributed by atoms with Crippen molar-refractivity contribution in [3.05, 3.63) is 70.2 Å². The van der Waals surface area contributed by atoms with Gasteiger partial charge < -0.3 is 0 Å². The number of hydrogen-bond donors (Lipinski definition) is 2. The summed E-state index contributed by atoms with van der Waals surface area (Å²) in [6.45, 7) is 0. The van der Waals surface area contributed by atoms with Crippen LogP contribution in [0.2, 0.25) is 5.02 Å². The fourth-order valence-corrected chi connectivity index (χ4v) is 2.30. The molecule has 0 fully saturated rings. The minimum Gasteiger partial charge on any atom is -0.271 e. The number of nitrogens with one attached hydrogen (secondary N) is 1. The standard InChI is InChI=1S/C15H15ClF2N2/c16-13-6-2-1-4-10(13)8-12(20-19)9-11-5-3-7-14(17)15(11)18/h1-7,12,20H,8-9,19H2. The summed E-state index contributed by atoms with van der Waals surface area (Å²) in [7, 11) is 0. The molecule has 0 saturated heterocycles. The van der Waals surface area contributed by atoms with Crippen molar-refractivity contribution in [3.63, 3.8) is 0 Å². The number of nitrogens with two attached hydrogens (primary N) is 1. The number of hydrazine groups is 1. The summed E-state index contributed by atoms with van der Waals surface area (Å²) in [5.74, 6) is 3.82. The van der Waals surface area contributed by atoms with E-state index >= 15 is 0 Å². The first-order valence-electron chi connectivity index (χ1n) is 6.24. The van der Waals surface area contributed by atoms with Gasteiger partial charge in [-0.1, -0.05) is 41.9 Å². The topological polar surface area (TPSA) is 38.0 Å². The molecule has 0 bridgehead atoms. The highest BCUT2D eigenvalue weighted by Gasteiger charge is 2.15. The van der Waals surface area contributed by atoms with E-state index in [1.807, 2.05) is 18.2 Å². The molecule has 0 radical (unpaired) electrons. The smallest absolute Gasteiger partial charge is 0.162 e. The Hall–Kier alpha value is -1.49. The Kier molecular flexibility index (Phi) is 5.06. The number of rotatable bonds is 5. The van der Waals surface area contributed by atoms with Crippen molar-refractivity contribution in [2.75, 3.05) is 0 Å². The van der Waals surface area contributed by atoms with E-state index in [1.165, 1.54) is 6.07 Å². The van der Waals surface area contributed by atoms with Crippen molar-refractivity contribution < 1.29 is 8.78 Å². The maximum atomic E-state index is 13.6. The summed E-state index contributed by atoms with van der Waals surface area (Å²) in [5, 5.41) is 0.632. The summed E-state index contributed by atoms with van der Waals surface area (Å²) in [6.07, 6.45) is 0.817. The zero-order valence-corrected chi connectivity index (χ0v) is 11.5. The van der Waals surface area contributed by atoms with Gasteiger partial charge in [-0.2, -0.15) is 0 Å². The minimum absolute atomic E-state index is 0.230. The fourth-order valence-electron chi connectivity index (χ4n) is 2.09. The van der Waals surface area contributed by atoms with E-state index < -0.39 is 11.6 Å². The highest BCUT2D eigenvalue weighted by atomic mass is 35.5. The van der Waals surface area contributed by atoms with Gasteiger partial charge in [0, 0.05) is 11.1 Å². The van der Waals surface area contributed by atoms with Gasteiger partial charge in [-0.05, 0) is 36.1 Å². The average Bonchev–Trinajstić information content (AvgIpc) is 2.45. The van der Waals surface area contributed by atoms with Crippen LogP contribution in [0.5, 0.6) is 0 Å². The van der Waals surface area contributed by atoms with E-state index in [2.05, 4.69) is 5.43 Å². The number of benzene rings is 2. The van der Waals surface area contributed by atoms with Gasteiger partial charge in [0.05, 0.1) is 0 Å². The molecule has 3 N–H and O–H groups in total. The molecule has 106 valence electrons. The first-order chi connectivity index (χ1) is 9.61. The molecule has 0 aromatic heterocycles. The van der Waals surface area contributed by atoms with Crippen LogP contribution in [0.3, 0.4) is 0 Å². The molecule has 0 aliphatic heterocycles. The Balaban J connectivity index is 2.14. The third-order valence-corrected chi connectivity index (χ3v) is 3.53. The lowest BCUT2D eigenvalue weighted by Gasteiger charge is -2.17. The van der Waals surface area contributed by atoms with Gasteiger partial charge in [0.2, 0.25) is 0 Å². The molecule has 1 unspecified atom stereocenters. The molecule has 0 amide bonds. The van der Waals surface area contributed by atoms with Crippen molar-refractivity contribution in [3.8, 4) is 0 Å². The Bertz CT molecular complexity index is 590. The molecule has 2 aromatic carbocycles. The molecular weight excluding hydrogens is 282 g/mol. The van der Waals surface area contributed by atoms with Crippen LogP contribution in [0.25, 0.3) is 0 Å². The van der Waals surface area contributed by atoms with E-state index in [-0.39, 0.29) is 12.5 Å². The van der Waals surface area contributed by atoms with Crippen LogP contribution in [0.1, 0.15) is 11.1 Å². The third-order valence-electron chi connectivity index (χ3n) is 3.16. The Labute approximate surface area is 121 Å². The largest absolute Gasteiger partial charge is 0.271 e. The van der Waals surface area contributed by atoms with Gasteiger partial charge in [0.15, 0.2) is 11.6 Å². The predicted octanol–water partition coefficient (Wildman–Crippen LogP) is 3.24. The van der Waals surface area contributed by atoms with Crippen LogP contribution in [-0.2, 0) is 12.8 Å². The minimum atomic E-state index is -0.851. The van der Waals surface area contributed by atoms with Crippen molar-refractivity contribution in [1.82, 2.24) is 5.43 Å². The molecule has 0 saturated carbocycles. The summed E-state index contributed by atoms with van der Waals surface area (Å²) < 4.78 is 26.8. The second-order valence-electron chi connectivity index (χ2n) is 4.58. The van der Waals surface area contributed by atoms with Gasteiger partial charge in [0.25, 0.3) is 0 Å². The monoisotopic (exact) mass is 296 g/mol. The number of halogens is 3. The van der Waals surface area contributed by atoms with Crippen LogP contribution in [0, 0.1) is 11.6 Å². The Morgan fingerprint density at radius 3 is 2.35 bits per heavy atom.